The zero-order valence-corrected chi connectivity index (χ0v) is 9.21. The van der Waals surface area contributed by atoms with E-state index in [1.54, 1.807) is 0 Å². The summed E-state index contributed by atoms with van der Waals surface area (Å²) in [5, 5.41) is 0.748. The minimum Gasteiger partial charge on any atom is -0.460 e. The Morgan fingerprint density at radius 1 is 1.27 bits per heavy atom. The molecule has 0 aliphatic rings. The van der Waals surface area contributed by atoms with E-state index in [0.717, 1.165) is 27.7 Å². The summed E-state index contributed by atoms with van der Waals surface area (Å²) in [4.78, 5) is 0. The van der Waals surface area contributed by atoms with E-state index in [1.165, 1.54) is 0 Å². The zero-order chi connectivity index (χ0) is 10.8. The van der Waals surface area contributed by atoms with Crippen molar-refractivity contribution in [3.63, 3.8) is 0 Å². The maximum atomic E-state index is 6.04. The van der Waals surface area contributed by atoms with Crippen LogP contribution < -0.4 is 5.73 Å². The summed E-state index contributed by atoms with van der Waals surface area (Å²) in [6.07, 6.45) is 0. The van der Waals surface area contributed by atoms with Gasteiger partial charge in [0.2, 0.25) is 0 Å². The topological polar surface area (TPSA) is 39.2 Å². The van der Waals surface area contributed by atoms with Crippen LogP contribution in [0.25, 0.3) is 11.3 Å². The first-order chi connectivity index (χ1) is 7.22. The molecular weight excluding hydrogens is 210 g/mol. The van der Waals surface area contributed by atoms with Crippen LogP contribution in [0, 0.1) is 6.92 Å². The predicted molar refractivity (Wildman–Crippen MR) is 61.8 cm³/mol. The molecule has 78 valence electrons. The Kier molecular flexibility index (Phi) is 2.80. The molecule has 2 rings (SSSR count). The van der Waals surface area contributed by atoms with Gasteiger partial charge >= 0.3 is 0 Å². The summed E-state index contributed by atoms with van der Waals surface area (Å²) in [7, 11) is 0. The van der Waals surface area contributed by atoms with Gasteiger partial charge in [-0.15, -0.1) is 0 Å². The molecular formula is C12H12ClNO. The molecule has 3 heteroatoms. The van der Waals surface area contributed by atoms with Gasteiger partial charge in [-0.1, -0.05) is 23.7 Å². The third kappa shape index (κ3) is 1.91. The van der Waals surface area contributed by atoms with Crippen LogP contribution >= 0.6 is 11.6 Å². The molecule has 0 unspecified atom stereocenters. The van der Waals surface area contributed by atoms with Gasteiger partial charge in [-0.3, -0.25) is 0 Å². The lowest BCUT2D eigenvalue weighted by atomic mass is 10.1. The molecule has 2 nitrogen and oxygen atoms in total. The number of nitrogens with two attached hydrogens (primary N) is 1. The van der Waals surface area contributed by atoms with E-state index < -0.39 is 0 Å². The third-order valence-electron chi connectivity index (χ3n) is 2.40. The molecule has 2 aromatic rings. The van der Waals surface area contributed by atoms with E-state index >= 15 is 0 Å². The zero-order valence-electron chi connectivity index (χ0n) is 8.46. The summed E-state index contributed by atoms with van der Waals surface area (Å²) >= 11 is 6.04. The Morgan fingerprint density at radius 3 is 2.73 bits per heavy atom. The average molecular weight is 222 g/mol. The maximum Gasteiger partial charge on any atom is 0.134 e. The Hall–Kier alpha value is -1.25. The van der Waals surface area contributed by atoms with Crippen molar-refractivity contribution in [2.24, 2.45) is 5.73 Å². The van der Waals surface area contributed by atoms with Gasteiger partial charge in [0.25, 0.3) is 0 Å². The van der Waals surface area contributed by atoms with E-state index in [0.29, 0.717) is 6.54 Å². The fourth-order valence-corrected chi connectivity index (χ4v) is 1.68. The fraction of sp³-hybridized carbons (Fsp3) is 0.167. The van der Waals surface area contributed by atoms with Crippen LogP contribution in [0.4, 0.5) is 0 Å². The van der Waals surface area contributed by atoms with E-state index in [2.05, 4.69) is 0 Å². The molecule has 0 saturated carbocycles. The molecule has 0 aliphatic carbocycles. The van der Waals surface area contributed by atoms with Crippen LogP contribution in [-0.2, 0) is 6.54 Å². The van der Waals surface area contributed by atoms with Gasteiger partial charge in [0.1, 0.15) is 11.5 Å². The van der Waals surface area contributed by atoms with Crippen molar-refractivity contribution in [2.75, 3.05) is 0 Å². The van der Waals surface area contributed by atoms with E-state index in [-0.39, 0.29) is 0 Å². The second-order valence-electron chi connectivity index (χ2n) is 3.38. The van der Waals surface area contributed by atoms with E-state index in [1.807, 2.05) is 37.3 Å². The van der Waals surface area contributed by atoms with Crippen molar-refractivity contribution in [3.05, 3.63) is 46.7 Å². The average Bonchev–Trinajstić information content (AvgIpc) is 2.70. The summed E-state index contributed by atoms with van der Waals surface area (Å²) in [5.41, 5.74) is 7.53. The maximum absolute atomic E-state index is 6.04. The lowest BCUT2D eigenvalue weighted by Gasteiger charge is -2.03. The number of benzene rings is 1. The minimum atomic E-state index is 0.416. The molecule has 0 saturated heterocycles. The van der Waals surface area contributed by atoms with Crippen molar-refractivity contribution < 1.29 is 4.42 Å². The van der Waals surface area contributed by atoms with Crippen LogP contribution in [0.5, 0.6) is 0 Å². The van der Waals surface area contributed by atoms with Crippen LogP contribution in [0.15, 0.2) is 34.7 Å². The van der Waals surface area contributed by atoms with Gasteiger partial charge in [0.15, 0.2) is 0 Å². The van der Waals surface area contributed by atoms with Crippen molar-refractivity contribution in [2.45, 2.75) is 13.5 Å². The van der Waals surface area contributed by atoms with Crippen molar-refractivity contribution in [3.8, 4) is 11.3 Å². The lowest BCUT2D eigenvalue weighted by Crippen LogP contribution is -1.92. The van der Waals surface area contributed by atoms with Gasteiger partial charge in [0, 0.05) is 10.6 Å². The van der Waals surface area contributed by atoms with Crippen molar-refractivity contribution in [1.29, 1.82) is 0 Å². The molecule has 1 aromatic heterocycles. The number of furan rings is 1. The number of hydrogen-bond donors (Lipinski definition) is 1. The van der Waals surface area contributed by atoms with Gasteiger partial charge in [0.05, 0.1) is 6.54 Å². The molecule has 0 amide bonds. The van der Waals surface area contributed by atoms with Crippen molar-refractivity contribution >= 4 is 11.6 Å². The summed E-state index contributed by atoms with van der Waals surface area (Å²) < 4.78 is 5.57. The van der Waals surface area contributed by atoms with Crippen LogP contribution in [0.2, 0.25) is 5.02 Å². The molecule has 0 aliphatic heterocycles. The second kappa shape index (κ2) is 4.09. The summed E-state index contributed by atoms with van der Waals surface area (Å²) in [6, 6.07) is 9.57. The minimum absolute atomic E-state index is 0.416. The van der Waals surface area contributed by atoms with Crippen LogP contribution in [-0.4, -0.2) is 0 Å². The van der Waals surface area contributed by atoms with Gasteiger partial charge in [-0.05, 0) is 30.7 Å². The van der Waals surface area contributed by atoms with E-state index in [9.17, 15) is 0 Å². The highest BCUT2D eigenvalue weighted by atomic mass is 35.5. The first-order valence-corrected chi connectivity index (χ1v) is 5.14. The molecule has 15 heavy (non-hydrogen) atoms. The third-order valence-corrected chi connectivity index (χ3v) is 2.81. The van der Waals surface area contributed by atoms with Crippen LogP contribution in [0.1, 0.15) is 11.3 Å². The smallest absolute Gasteiger partial charge is 0.134 e. The highest BCUT2D eigenvalue weighted by Crippen LogP contribution is 2.29. The van der Waals surface area contributed by atoms with Gasteiger partial charge < -0.3 is 10.2 Å². The highest BCUT2D eigenvalue weighted by molar-refractivity contribution is 6.31. The summed E-state index contributed by atoms with van der Waals surface area (Å²) in [5.74, 6) is 1.60. The second-order valence-corrected chi connectivity index (χ2v) is 3.79. The number of hydrogen-bond acceptors (Lipinski definition) is 2. The molecule has 0 atom stereocenters. The van der Waals surface area contributed by atoms with Crippen molar-refractivity contribution in [1.82, 2.24) is 0 Å². The molecule has 2 N–H and O–H groups in total. The Bertz CT molecular complexity index is 476. The first-order valence-electron chi connectivity index (χ1n) is 4.76. The number of rotatable bonds is 2. The summed E-state index contributed by atoms with van der Waals surface area (Å²) in [6.45, 7) is 2.39. The molecule has 0 spiro atoms. The SMILES string of the molecule is Cc1c(Cl)cccc1-c1ccc(CN)o1. The molecule has 1 aromatic carbocycles. The van der Waals surface area contributed by atoms with Gasteiger partial charge in [-0.2, -0.15) is 0 Å². The first kappa shape index (κ1) is 10.3. The quantitative estimate of drug-likeness (QED) is 0.845. The Morgan fingerprint density at radius 2 is 2.07 bits per heavy atom. The monoisotopic (exact) mass is 221 g/mol. The van der Waals surface area contributed by atoms with Crippen LogP contribution in [0.3, 0.4) is 0 Å². The normalized spacial score (nSPS) is 10.6. The predicted octanol–water partition coefficient (Wildman–Crippen LogP) is 3.37. The lowest BCUT2D eigenvalue weighted by molar-refractivity contribution is 0.525. The largest absolute Gasteiger partial charge is 0.460 e. The molecule has 0 radical (unpaired) electrons. The standard InChI is InChI=1S/C12H12ClNO/c1-8-10(3-2-4-11(8)13)12-6-5-9(7-14)15-12/h2-6H,7,14H2,1H3. The van der Waals surface area contributed by atoms with E-state index in [4.69, 9.17) is 21.8 Å². The van der Waals surface area contributed by atoms with Gasteiger partial charge in [-0.25, -0.2) is 0 Å². The molecule has 1 heterocycles. The Balaban J connectivity index is 2.49. The number of halogens is 1. The Labute approximate surface area is 93.7 Å². The fourth-order valence-electron chi connectivity index (χ4n) is 1.51. The molecule has 0 fully saturated rings. The molecule has 0 bridgehead atoms. The highest BCUT2D eigenvalue weighted by Gasteiger charge is 2.08.